The molecule has 0 bridgehead atoms. The number of nitrogens with zero attached hydrogens (tertiary/aromatic N) is 3. The monoisotopic (exact) mass is 479 g/mol. The van der Waals surface area contributed by atoms with Gasteiger partial charge in [-0.1, -0.05) is 37.6 Å². The van der Waals surface area contributed by atoms with E-state index >= 15 is 0 Å². The number of rotatable bonds is 2. The van der Waals surface area contributed by atoms with Crippen molar-refractivity contribution in [2.45, 2.75) is 50.7 Å². The highest BCUT2D eigenvalue weighted by Crippen LogP contribution is 2.57. The van der Waals surface area contributed by atoms with Crippen LogP contribution in [0.4, 0.5) is 4.39 Å². The number of fused-ring (bicyclic) bond motifs is 3. The Morgan fingerprint density at radius 3 is 2.59 bits per heavy atom. The maximum atomic E-state index is 15.0. The van der Waals surface area contributed by atoms with Crippen molar-refractivity contribution >= 4 is 11.6 Å². The molecule has 2 aliphatic carbocycles. The van der Waals surface area contributed by atoms with E-state index in [9.17, 15) is 4.39 Å². The lowest BCUT2D eigenvalue weighted by Gasteiger charge is -2.54. The molecule has 176 valence electrons. The van der Waals surface area contributed by atoms with E-state index in [2.05, 4.69) is 18.8 Å². The minimum atomic E-state index is -0.494. The summed E-state index contributed by atoms with van der Waals surface area (Å²) in [6.45, 7) is 5.85. The van der Waals surface area contributed by atoms with Gasteiger partial charge in [0.15, 0.2) is 11.6 Å². The van der Waals surface area contributed by atoms with Crippen LogP contribution in [0.1, 0.15) is 44.4 Å². The van der Waals surface area contributed by atoms with E-state index in [-0.39, 0.29) is 17.2 Å². The van der Waals surface area contributed by atoms with Gasteiger partial charge in [-0.2, -0.15) is 0 Å². The Morgan fingerprint density at radius 1 is 1.06 bits per heavy atom. The van der Waals surface area contributed by atoms with E-state index in [0.29, 0.717) is 41.4 Å². The van der Waals surface area contributed by atoms with Crippen molar-refractivity contribution in [3.05, 3.63) is 64.8 Å². The van der Waals surface area contributed by atoms with E-state index in [1.807, 2.05) is 12.1 Å². The first-order chi connectivity index (χ1) is 16.4. The van der Waals surface area contributed by atoms with Crippen LogP contribution in [0.3, 0.4) is 0 Å². The second-order valence-electron chi connectivity index (χ2n) is 9.93. The lowest BCUT2D eigenvalue weighted by atomic mass is 9.54. The molecule has 6 rings (SSSR count). The molecule has 1 spiro atoms. The van der Waals surface area contributed by atoms with Crippen molar-refractivity contribution in [2.24, 2.45) is 11.8 Å². The molecule has 3 aromatic rings. The van der Waals surface area contributed by atoms with Crippen molar-refractivity contribution in [3.63, 3.8) is 0 Å². The molecule has 2 fully saturated rings. The average molecular weight is 480 g/mol. The molecule has 1 aromatic carbocycles. The van der Waals surface area contributed by atoms with Gasteiger partial charge in [0.25, 0.3) is 0 Å². The summed E-state index contributed by atoms with van der Waals surface area (Å²) in [6, 6.07) is 10.4. The number of aromatic nitrogens is 3. The third-order valence-corrected chi connectivity index (χ3v) is 8.48. The van der Waals surface area contributed by atoms with Crippen LogP contribution in [0.5, 0.6) is 0 Å². The molecule has 7 heteroatoms. The SMILES string of the molecule is C[C@@H]1[C@H]2CCc3c(-c4ccccc4F)nc(-c4ccc(Cl)nc4)nc3[C@]2(C)CCC12OCCO2. The van der Waals surface area contributed by atoms with Crippen molar-refractivity contribution in [3.8, 4) is 22.6 Å². The van der Waals surface area contributed by atoms with Crippen LogP contribution in [-0.2, 0) is 21.3 Å². The van der Waals surface area contributed by atoms with E-state index in [1.54, 1.807) is 24.4 Å². The highest BCUT2D eigenvalue weighted by atomic mass is 35.5. The molecule has 1 saturated heterocycles. The molecular weight excluding hydrogens is 453 g/mol. The van der Waals surface area contributed by atoms with Gasteiger partial charge in [-0.15, -0.1) is 0 Å². The first kappa shape index (κ1) is 22.1. The fourth-order valence-electron chi connectivity index (χ4n) is 6.45. The fourth-order valence-corrected chi connectivity index (χ4v) is 6.56. The second kappa shape index (κ2) is 8.08. The van der Waals surface area contributed by atoms with E-state index in [1.165, 1.54) is 6.07 Å². The Labute approximate surface area is 203 Å². The predicted molar refractivity (Wildman–Crippen MR) is 128 cm³/mol. The number of benzene rings is 1. The van der Waals surface area contributed by atoms with E-state index < -0.39 is 5.79 Å². The van der Waals surface area contributed by atoms with Crippen LogP contribution in [-0.4, -0.2) is 34.0 Å². The van der Waals surface area contributed by atoms with Gasteiger partial charge in [-0.05, 0) is 49.4 Å². The fraction of sp³-hybridized carbons (Fsp3) is 0.444. The zero-order valence-electron chi connectivity index (χ0n) is 19.4. The molecule has 2 aromatic heterocycles. The molecule has 0 unspecified atom stereocenters. The topological polar surface area (TPSA) is 57.1 Å². The Kier molecular flexibility index (Phi) is 5.24. The van der Waals surface area contributed by atoms with Gasteiger partial charge in [-0.25, -0.2) is 19.3 Å². The highest BCUT2D eigenvalue weighted by Gasteiger charge is 2.57. The highest BCUT2D eigenvalue weighted by molar-refractivity contribution is 6.29. The Bertz CT molecular complexity index is 1250. The third-order valence-electron chi connectivity index (χ3n) is 8.25. The average Bonchev–Trinajstić information content (AvgIpc) is 3.32. The Balaban J connectivity index is 1.54. The summed E-state index contributed by atoms with van der Waals surface area (Å²) in [5, 5.41) is 0.408. The minimum Gasteiger partial charge on any atom is -0.347 e. The molecule has 1 aliphatic heterocycles. The van der Waals surface area contributed by atoms with Crippen LogP contribution in [0.15, 0.2) is 42.6 Å². The lowest BCUT2D eigenvalue weighted by Crippen LogP contribution is -2.55. The number of hydrogen-bond acceptors (Lipinski definition) is 5. The van der Waals surface area contributed by atoms with Gasteiger partial charge in [0, 0.05) is 40.6 Å². The maximum absolute atomic E-state index is 15.0. The van der Waals surface area contributed by atoms with Crippen LogP contribution < -0.4 is 0 Å². The van der Waals surface area contributed by atoms with Gasteiger partial charge in [0.2, 0.25) is 0 Å². The summed E-state index contributed by atoms with van der Waals surface area (Å²) in [4.78, 5) is 14.3. The summed E-state index contributed by atoms with van der Waals surface area (Å²) in [7, 11) is 0. The van der Waals surface area contributed by atoms with Crippen molar-refractivity contribution in [1.29, 1.82) is 0 Å². The van der Waals surface area contributed by atoms with Crippen molar-refractivity contribution < 1.29 is 13.9 Å². The molecule has 3 atom stereocenters. The molecular formula is C27H27ClFN3O2. The molecule has 5 nitrogen and oxygen atoms in total. The summed E-state index contributed by atoms with van der Waals surface area (Å²) in [6.07, 6.45) is 5.14. The predicted octanol–water partition coefficient (Wildman–Crippen LogP) is 5.99. The number of hydrogen-bond donors (Lipinski definition) is 0. The zero-order chi connectivity index (χ0) is 23.5. The molecule has 0 amide bonds. The van der Waals surface area contributed by atoms with E-state index in [0.717, 1.165) is 42.5 Å². The Morgan fingerprint density at radius 2 is 1.85 bits per heavy atom. The van der Waals surface area contributed by atoms with Gasteiger partial charge in [-0.3, -0.25) is 0 Å². The van der Waals surface area contributed by atoms with Crippen LogP contribution in [0.2, 0.25) is 5.15 Å². The standard InChI is InChI=1S/C27H27ClFN3O2/c1-16-20-9-8-19-23(18-5-3-4-6-21(18)29)31-25(17-7-10-22(28)30-15-17)32-24(19)26(20,2)11-12-27(16)33-13-14-34-27/h3-7,10,15-16,20H,8-9,11-14H2,1-2H3/t16-,20-,26-/m1/s1. The third kappa shape index (κ3) is 3.30. The van der Waals surface area contributed by atoms with Gasteiger partial charge in [0.05, 0.1) is 24.6 Å². The summed E-state index contributed by atoms with van der Waals surface area (Å²) >= 11 is 6.03. The number of halogens is 2. The van der Waals surface area contributed by atoms with Crippen LogP contribution >= 0.6 is 11.6 Å². The number of pyridine rings is 1. The smallest absolute Gasteiger partial charge is 0.171 e. The van der Waals surface area contributed by atoms with Crippen LogP contribution in [0, 0.1) is 17.7 Å². The van der Waals surface area contributed by atoms with Gasteiger partial charge in [0.1, 0.15) is 11.0 Å². The molecule has 3 aliphatic rings. The number of ether oxygens (including phenoxy) is 2. The molecule has 0 N–H and O–H groups in total. The summed E-state index contributed by atoms with van der Waals surface area (Å²) < 4.78 is 27.3. The second-order valence-corrected chi connectivity index (χ2v) is 10.3. The maximum Gasteiger partial charge on any atom is 0.171 e. The minimum absolute atomic E-state index is 0.189. The first-order valence-corrected chi connectivity index (χ1v) is 12.4. The van der Waals surface area contributed by atoms with Gasteiger partial charge < -0.3 is 9.47 Å². The van der Waals surface area contributed by atoms with E-state index in [4.69, 9.17) is 31.0 Å². The molecule has 0 radical (unpaired) electrons. The molecule has 3 heterocycles. The normalized spacial score (nSPS) is 27.4. The van der Waals surface area contributed by atoms with Crippen molar-refractivity contribution in [1.82, 2.24) is 15.0 Å². The molecule has 1 saturated carbocycles. The van der Waals surface area contributed by atoms with Crippen molar-refractivity contribution in [2.75, 3.05) is 13.2 Å². The van der Waals surface area contributed by atoms with Crippen LogP contribution in [0.25, 0.3) is 22.6 Å². The summed E-state index contributed by atoms with van der Waals surface area (Å²) in [5.74, 6) is 0.344. The summed E-state index contributed by atoms with van der Waals surface area (Å²) in [5.41, 5.74) is 3.82. The molecule has 34 heavy (non-hydrogen) atoms. The quantitative estimate of drug-likeness (QED) is 0.422. The lowest BCUT2D eigenvalue weighted by molar-refractivity contribution is -0.234. The zero-order valence-corrected chi connectivity index (χ0v) is 20.1. The first-order valence-electron chi connectivity index (χ1n) is 12.0. The van der Waals surface area contributed by atoms with Gasteiger partial charge >= 0.3 is 0 Å². The Hall–Kier alpha value is -2.41. The largest absolute Gasteiger partial charge is 0.347 e.